The van der Waals surface area contributed by atoms with Crippen molar-refractivity contribution in [2.45, 2.75) is 33.7 Å². The van der Waals surface area contributed by atoms with Gasteiger partial charge in [0.15, 0.2) is 0 Å². The number of anilines is 1. The van der Waals surface area contributed by atoms with E-state index in [1.807, 2.05) is 23.1 Å². The van der Waals surface area contributed by atoms with Crippen molar-refractivity contribution in [3.8, 4) is 0 Å². The minimum Gasteiger partial charge on any atom is -0.398 e. The molecule has 19 heavy (non-hydrogen) atoms. The number of amides is 1. The van der Waals surface area contributed by atoms with Crippen LogP contribution < -0.4 is 5.73 Å². The Morgan fingerprint density at radius 2 is 2.11 bits per heavy atom. The van der Waals surface area contributed by atoms with Crippen molar-refractivity contribution in [2.24, 2.45) is 11.3 Å². The first-order valence-electron chi connectivity index (χ1n) is 6.59. The Morgan fingerprint density at radius 1 is 1.42 bits per heavy atom. The second-order valence-corrected chi connectivity index (χ2v) is 7.15. The zero-order chi connectivity index (χ0) is 14.2. The fraction of sp³-hybridized carbons (Fsp3) is 0.533. The van der Waals surface area contributed by atoms with Crippen LogP contribution in [0.25, 0.3) is 0 Å². The van der Waals surface area contributed by atoms with Gasteiger partial charge in [-0.25, -0.2) is 0 Å². The van der Waals surface area contributed by atoms with E-state index in [4.69, 9.17) is 5.73 Å². The molecule has 1 fully saturated rings. The van der Waals surface area contributed by atoms with Crippen LogP contribution in [-0.4, -0.2) is 17.4 Å². The number of nitrogens with zero attached hydrogens (tertiary/aromatic N) is 1. The highest BCUT2D eigenvalue weighted by Crippen LogP contribution is 2.35. The Kier molecular flexibility index (Phi) is 3.90. The molecular weight excluding hydrogens is 304 g/mol. The maximum atomic E-state index is 12.1. The number of nitrogens with two attached hydrogens (primary N) is 1. The van der Waals surface area contributed by atoms with Crippen LogP contribution >= 0.6 is 15.9 Å². The number of carbonyl (C=O) groups is 1. The summed E-state index contributed by atoms with van der Waals surface area (Å²) in [5.41, 5.74) is 7.84. The summed E-state index contributed by atoms with van der Waals surface area (Å²) >= 11 is 3.50. The molecule has 1 aromatic rings. The highest BCUT2D eigenvalue weighted by atomic mass is 79.9. The van der Waals surface area contributed by atoms with Crippen molar-refractivity contribution in [1.82, 2.24) is 4.90 Å². The molecule has 0 spiro atoms. The number of hydrogen-bond donors (Lipinski definition) is 1. The van der Waals surface area contributed by atoms with Gasteiger partial charge in [-0.2, -0.15) is 0 Å². The van der Waals surface area contributed by atoms with E-state index in [9.17, 15) is 4.79 Å². The number of likely N-dealkylation sites (tertiary alicyclic amines) is 1. The third kappa shape index (κ3) is 3.11. The number of nitrogen functional groups attached to an aromatic ring is 1. The van der Waals surface area contributed by atoms with E-state index in [0.29, 0.717) is 18.9 Å². The van der Waals surface area contributed by atoms with E-state index in [1.54, 1.807) is 0 Å². The van der Waals surface area contributed by atoms with Gasteiger partial charge in [0, 0.05) is 29.7 Å². The molecule has 2 rings (SSSR count). The molecule has 1 amide bonds. The van der Waals surface area contributed by atoms with Crippen LogP contribution in [0.5, 0.6) is 0 Å². The Labute approximate surface area is 123 Å². The molecule has 3 nitrogen and oxygen atoms in total. The zero-order valence-corrected chi connectivity index (χ0v) is 13.3. The van der Waals surface area contributed by atoms with Crippen LogP contribution in [0.15, 0.2) is 22.7 Å². The van der Waals surface area contributed by atoms with Crippen molar-refractivity contribution in [3.63, 3.8) is 0 Å². The number of halogens is 1. The summed E-state index contributed by atoms with van der Waals surface area (Å²) in [6, 6.07) is 5.80. The molecule has 1 unspecified atom stereocenters. The van der Waals surface area contributed by atoms with Gasteiger partial charge in [0.25, 0.3) is 0 Å². The van der Waals surface area contributed by atoms with Gasteiger partial charge in [0.2, 0.25) is 5.91 Å². The highest BCUT2D eigenvalue weighted by molar-refractivity contribution is 9.10. The molecule has 1 aliphatic rings. The number of carbonyl (C=O) groups excluding carboxylic acids is 1. The maximum absolute atomic E-state index is 12.1. The van der Waals surface area contributed by atoms with Crippen molar-refractivity contribution in [1.29, 1.82) is 0 Å². The van der Waals surface area contributed by atoms with E-state index < -0.39 is 0 Å². The average molecular weight is 325 g/mol. The molecule has 0 bridgehead atoms. The predicted molar refractivity (Wildman–Crippen MR) is 81.5 cm³/mol. The van der Waals surface area contributed by atoms with Gasteiger partial charge < -0.3 is 10.6 Å². The Bertz CT molecular complexity index is 493. The lowest BCUT2D eigenvalue weighted by Crippen LogP contribution is -2.27. The maximum Gasteiger partial charge on any atom is 0.223 e. The third-order valence-corrected chi connectivity index (χ3v) is 4.88. The van der Waals surface area contributed by atoms with Crippen molar-refractivity contribution in [3.05, 3.63) is 28.2 Å². The van der Waals surface area contributed by atoms with Gasteiger partial charge in [-0.15, -0.1) is 0 Å². The van der Waals surface area contributed by atoms with E-state index >= 15 is 0 Å². The Morgan fingerprint density at radius 3 is 2.68 bits per heavy atom. The van der Waals surface area contributed by atoms with Crippen molar-refractivity contribution in [2.75, 3.05) is 12.3 Å². The van der Waals surface area contributed by atoms with Gasteiger partial charge in [-0.05, 0) is 38.9 Å². The van der Waals surface area contributed by atoms with E-state index in [1.165, 1.54) is 0 Å². The van der Waals surface area contributed by atoms with E-state index in [-0.39, 0.29) is 11.3 Å². The number of benzene rings is 1. The zero-order valence-electron chi connectivity index (χ0n) is 11.7. The molecule has 1 aliphatic heterocycles. The van der Waals surface area contributed by atoms with Gasteiger partial charge in [-0.3, -0.25) is 4.79 Å². The van der Waals surface area contributed by atoms with Gasteiger partial charge >= 0.3 is 0 Å². The van der Waals surface area contributed by atoms with Crippen molar-refractivity contribution < 1.29 is 4.79 Å². The fourth-order valence-electron chi connectivity index (χ4n) is 2.43. The first-order chi connectivity index (χ1) is 8.79. The quantitative estimate of drug-likeness (QED) is 0.847. The molecule has 1 heterocycles. The van der Waals surface area contributed by atoms with Crippen LogP contribution in [0.3, 0.4) is 0 Å². The molecule has 104 valence electrons. The molecule has 2 N–H and O–H groups in total. The minimum atomic E-state index is 0.178. The summed E-state index contributed by atoms with van der Waals surface area (Å²) in [5.74, 6) is 0.675. The highest BCUT2D eigenvalue weighted by Gasteiger charge is 2.36. The summed E-state index contributed by atoms with van der Waals surface area (Å²) in [6.07, 6.45) is 0.656. The Hall–Kier alpha value is -1.03. The standard InChI is InChI=1S/C15H21BrN2O/c1-15(2,3)11-7-13(19)18(9-11)8-10-5-4-6-12(17)14(10)16/h4-6,11H,7-9,17H2,1-3H3. The van der Waals surface area contributed by atoms with Gasteiger partial charge in [0.1, 0.15) is 0 Å². The molecule has 0 radical (unpaired) electrons. The monoisotopic (exact) mass is 324 g/mol. The number of rotatable bonds is 2. The van der Waals surface area contributed by atoms with Crippen LogP contribution in [0.1, 0.15) is 32.8 Å². The lowest BCUT2D eigenvalue weighted by Gasteiger charge is -2.26. The molecule has 1 atom stereocenters. The summed E-state index contributed by atoms with van der Waals surface area (Å²) in [5, 5.41) is 0. The normalized spacial score (nSPS) is 20.1. The molecule has 0 aliphatic carbocycles. The van der Waals surface area contributed by atoms with E-state index in [0.717, 1.165) is 22.3 Å². The Balaban J connectivity index is 2.12. The fourth-order valence-corrected chi connectivity index (χ4v) is 2.82. The molecule has 1 saturated heterocycles. The topological polar surface area (TPSA) is 46.3 Å². The van der Waals surface area contributed by atoms with Crippen LogP contribution in [0.4, 0.5) is 5.69 Å². The molecule has 1 aromatic carbocycles. The van der Waals surface area contributed by atoms with Crippen LogP contribution in [-0.2, 0) is 11.3 Å². The third-order valence-electron chi connectivity index (χ3n) is 3.91. The largest absolute Gasteiger partial charge is 0.398 e. The summed E-state index contributed by atoms with van der Waals surface area (Å²) in [6.45, 7) is 8.07. The van der Waals surface area contributed by atoms with Gasteiger partial charge in [0.05, 0.1) is 0 Å². The molecule has 0 aromatic heterocycles. The molecule has 4 heteroatoms. The molecular formula is C15H21BrN2O. The first kappa shape index (κ1) is 14.4. The average Bonchev–Trinajstić information content (AvgIpc) is 2.67. The van der Waals surface area contributed by atoms with Gasteiger partial charge in [-0.1, -0.05) is 32.9 Å². The lowest BCUT2D eigenvalue weighted by atomic mass is 9.80. The summed E-state index contributed by atoms with van der Waals surface area (Å²) in [7, 11) is 0. The van der Waals surface area contributed by atoms with Crippen LogP contribution in [0.2, 0.25) is 0 Å². The first-order valence-corrected chi connectivity index (χ1v) is 7.39. The number of hydrogen-bond acceptors (Lipinski definition) is 2. The molecule has 0 saturated carbocycles. The predicted octanol–water partition coefficient (Wildman–Crippen LogP) is 3.43. The minimum absolute atomic E-state index is 0.178. The SMILES string of the molecule is CC(C)(C)C1CC(=O)N(Cc2cccc(N)c2Br)C1. The second kappa shape index (κ2) is 5.16. The smallest absolute Gasteiger partial charge is 0.223 e. The van der Waals surface area contributed by atoms with E-state index in [2.05, 4.69) is 36.7 Å². The second-order valence-electron chi connectivity index (χ2n) is 6.36. The lowest BCUT2D eigenvalue weighted by molar-refractivity contribution is -0.128. The van der Waals surface area contributed by atoms with Crippen molar-refractivity contribution >= 4 is 27.5 Å². The summed E-state index contributed by atoms with van der Waals surface area (Å²) in [4.78, 5) is 14.1. The summed E-state index contributed by atoms with van der Waals surface area (Å²) < 4.78 is 0.905. The van der Waals surface area contributed by atoms with Crippen LogP contribution in [0, 0.1) is 11.3 Å².